The Balaban J connectivity index is 1.59. The van der Waals surface area contributed by atoms with Gasteiger partial charge in [0.1, 0.15) is 0 Å². The van der Waals surface area contributed by atoms with Crippen molar-refractivity contribution in [2.75, 3.05) is 45.2 Å². The fraction of sp³-hybridized carbons (Fsp3) is 0.333. The zero-order valence-electron chi connectivity index (χ0n) is 17.7. The van der Waals surface area contributed by atoms with Gasteiger partial charge < -0.3 is 4.90 Å². The molecular formula is C24H29N3O2S. The molecule has 0 bridgehead atoms. The summed E-state index contributed by atoms with van der Waals surface area (Å²) in [5.41, 5.74) is 2.29. The van der Waals surface area contributed by atoms with Crippen LogP contribution in [0, 0.1) is 0 Å². The number of rotatable bonds is 5. The number of anilines is 1. The molecule has 158 valence electrons. The lowest BCUT2D eigenvalue weighted by Crippen LogP contribution is -2.35. The molecule has 1 heterocycles. The van der Waals surface area contributed by atoms with Crippen molar-refractivity contribution in [1.29, 1.82) is 0 Å². The molecule has 0 aliphatic carbocycles. The Bertz CT molecular complexity index is 1110. The molecule has 0 aromatic heterocycles. The molecule has 0 saturated carbocycles. The predicted molar refractivity (Wildman–Crippen MR) is 123 cm³/mol. The van der Waals surface area contributed by atoms with Crippen molar-refractivity contribution in [3.8, 4) is 0 Å². The third kappa shape index (κ3) is 4.21. The zero-order chi connectivity index (χ0) is 21.1. The summed E-state index contributed by atoms with van der Waals surface area (Å²) in [4.78, 5) is 4.77. The Kier molecular flexibility index (Phi) is 6.09. The van der Waals surface area contributed by atoms with Crippen LogP contribution in [0.1, 0.15) is 12.0 Å². The van der Waals surface area contributed by atoms with E-state index in [1.54, 1.807) is 10.4 Å². The Morgan fingerprint density at radius 3 is 2.30 bits per heavy atom. The van der Waals surface area contributed by atoms with Crippen molar-refractivity contribution in [2.45, 2.75) is 17.9 Å². The minimum atomic E-state index is -3.56. The molecule has 3 aromatic carbocycles. The van der Waals surface area contributed by atoms with E-state index < -0.39 is 10.0 Å². The van der Waals surface area contributed by atoms with E-state index in [0.717, 1.165) is 42.5 Å². The quantitative estimate of drug-likeness (QED) is 0.626. The van der Waals surface area contributed by atoms with E-state index in [4.69, 9.17) is 0 Å². The summed E-state index contributed by atoms with van der Waals surface area (Å²) in [6.45, 7) is 3.56. The summed E-state index contributed by atoms with van der Waals surface area (Å²) in [5, 5.41) is 1.75. The SMILES string of the molecule is CN(C)c1cccc2c(S(=O)(=O)N3CCCN(Cc4ccccc4)CC3)cccc12. The van der Waals surface area contributed by atoms with Gasteiger partial charge in [0.2, 0.25) is 10.0 Å². The van der Waals surface area contributed by atoms with Gasteiger partial charge in [0, 0.05) is 56.7 Å². The fourth-order valence-electron chi connectivity index (χ4n) is 4.21. The smallest absolute Gasteiger partial charge is 0.243 e. The highest BCUT2D eigenvalue weighted by molar-refractivity contribution is 7.89. The van der Waals surface area contributed by atoms with Crippen molar-refractivity contribution >= 4 is 26.5 Å². The Morgan fingerprint density at radius 1 is 0.800 bits per heavy atom. The maximum absolute atomic E-state index is 13.6. The van der Waals surface area contributed by atoms with Crippen molar-refractivity contribution in [2.24, 2.45) is 0 Å². The molecular weight excluding hydrogens is 394 g/mol. The summed E-state index contributed by atoms with van der Waals surface area (Å²) in [6.07, 6.45) is 0.833. The second-order valence-corrected chi connectivity index (χ2v) is 9.95. The van der Waals surface area contributed by atoms with Crippen LogP contribution in [0.2, 0.25) is 0 Å². The fourth-order valence-corrected chi connectivity index (χ4v) is 5.88. The average Bonchev–Trinajstić information content (AvgIpc) is 2.99. The minimum absolute atomic E-state index is 0.403. The maximum Gasteiger partial charge on any atom is 0.243 e. The van der Waals surface area contributed by atoms with Crippen LogP contribution in [-0.2, 0) is 16.6 Å². The van der Waals surface area contributed by atoms with Crippen LogP contribution in [0.25, 0.3) is 10.8 Å². The van der Waals surface area contributed by atoms with Gasteiger partial charge in [0.15, 0.2) is 0 Å². The molecule has 4 rings (SSSR count). The number of hydrogen-bond donors (Lipinski definition) is 0. The molecule has 1 aliphatic rings. The van der Waals surface area contributed by atoms with Gasteiger partial charge in [-0.15, -0.1) is 0 Å². The molecule has 30 heavy (non-hydrogen) atoms. The largest absolute Gasteiger partial charge is 0.377 e. The summed E-state index contributed by atoms with van der Waals surface area (Å²) in [7, 11) is 0.394. The number of hydrogen-bond acceptors (Lipinski definition) is 4. The highest BCUT2D eigenvalue weighted by atomic mass is 32.2. The average molecular weight is 424 g/mol. The second-order valence-electron chi connectivity index (χ2n) is 8.04. The van der Waals surface area contributed by atoms with E-state index in [-0.39, 0.29) is 0 Å². The first kappa shape index (κ1) is 20.8. The lowest BCUT2D eigenvalue weighted by molar-refractivity contribution is 0.278. The van der Waals surface area contributed by atoms with E-state index in [1.807, 2.05) is 67.5 Å². The molecule has 5 nitrogen and oxygen atoms in total. The monoisotopic (exact) mass is 423 g/mol. The topological polar surface area (TPSA) is 43.9 Å². The van der Waals surface area contributed by atoms with Crippen molar-refractivity contribution in [3.63, 3.8) is 0 Å². The van der Waals surface area contributed by atoms with E-state index >= 15 is 0 Å². The molecule has 0 atom stereocenters. The summed E-state index contributed by atoms with van der Waals surface area (Å²) < 4.78 is 28.8. The normalized spacial score (nSPS) is 16.5. The first-order valence-corrected chi connectivity index (χ1v) is 11.9. The van der Waals surface area contributed by atoms with Crippen LogP contribution < -0.4 is 4.90 Å². The standard InChI is InChI=1S/C24H29N3O2S/c1-25(2)23-13-6-12-22-21(23)11-7-14-24(22)30(28,29)27-16-8-15-26(17-18-27)19-20-9-4-3-5-10-20/h3-7,9-14H,8,15-19H2,1-2H3. The van der Waals surface area contributed by atoms with Gasteiger partial charge in [-0.25, -0.2) is 8.42 Å². The number of benzene rings is 3. The van der Waals surface area contributed by atoms with Crippen molar-refractivity contribution in [3.05, 3.63) is 72.3 Å². The third-order valence-electron chi connectivity index (χ3n) is 5.76. The lowest BCUT2D eigenvalue weighted by Gasteiger charge is -2.23. The van der Waals surface area contributed by atoms with Crippen LogP contribution in [-0.4, -0.2) is 57.9 Å². The first-order chi connectivity index (χ1) is 14.5. The maximum atomic E-state index is 13.6. The predicted octanol–water partition coefficient (Wildman–Crippen LogP) is 3.80. The highest BCUT2D eigenvalue weighted by Crippen LogP contribution is 2.32. The van der Waals surface area contributed by atoms with Crippen molar-refractivity contribution in [1.82, 2.24) is 9.21 Å². The van der Waals surface area contributed by atoms with Crippen molar-refractivity contribution < 1.29 is 8.42 Å². The number of sulfonamides is 1. The van der Waals surface area contributed by atoms with Gasteiger partial charge in [-0.05, 0) is 30.7 Å². The molecule has 0 N–H and O–H groups in total. The molecule has 1 saturated heterocycles. The summed E-state index contributed by atoms with van der Waals surface area (Å²) >= 11 is 0. The van der Waals surface area contributed by atoms with Crippen LogP contribution in [0.15, 0.2) is 71.6 Å². The van der Waals surface area contributed by atoms with Crippen LogP contribution >= 0.6 is 0 Å². The Labute approximate surface area is 179 Å². The highest BCUT2D eigenvalue weighted by Gasteiger charge is 2.28. The molecule has 0 unspecified atom stereocenters. The minimum Gasteiger partial charge on any atom is -0.377 e. The molecule has 0 amide bonds. The number of nitrogens with zero attached hydrogens (tertiary/aromatic N) is 3. The van der Waals surface area contributed by atoms with E-state index in [0.29, 0.717) is 18.0 Å². The van der Waals surface area contributed by atoms with Crippen LogP contribution in [0.4, 0.5) is 5.69 Å². The molecule has 1 fully saturated rings. The Hall–Kier alpha value is -2.41. The molecule has 6 heteroatoms. The Morgan fingerprint density at radius 2 is 1.53 bits per heavy atom. The molecule has 1 aliphatic heterocycles. The number of fused-ring (bicyclic) bond motifs is 1. The summed E-state index contributed by atoms with van der Waals surface area (Å²) in [5.74, 6) is 0. The van der Waals surface area contributed by atoms with Gasteiger partial charge in [0.25, 0.3) is 0 Å². The lowest BCUT2D eigenvalue weighted by atomic mass is 10.1. The van der Waals surface area contributed by atoms with Gasteiger partial charge in [0.05, 0.1) is 4.90 Å². The summed E-state index contributed by atoms with van der Waals surface area (Å²) in [6, 6.07) is 21.8. The van der Waals surface area contributed by atoms with Crippen LogP contribution in [0.3, 0.4) is 0 Å². The van der Waals surface area contributed by atoms with Gasteiger partial charge in [-0.3, -0.25) is 4.90 Å². The van der Waals surface area contributed by atoms with Gasteiger partial charge in [-0.2, -0.15) is 4.31 Å². The first-order valence-electron chi connectivity index (χ1n) is 10.4. The van der Waals surface area contributed by atoms with E-state index in [9.17, 15) is 8.42 Å². The van der Waals surface area contributed by atoms with Crippen LogP contribution in [0.5, 0.6) is 0 Å². The third-order valence-corrected chi connectivity index (χ3v) is 7.71. The molecule has 0 spiro atoms. The van der Waals surface area contributed by atoms with E-state index in [2.05, 4.69) is 17.0 Å². The van der Waals surface area contributed by atoms with Gasteiger partial charge >= 0.3 is 0 Å². The van der Waals surface area contributed by atoms with Gasteiger partial charge in [-0.1, -0.05) is 54.6 Å². The van der Waals surface area contributed by atoms with E-state index in [1.165, 1.54) is 5.56 Å². The molecule has 3 aromatic rings. The second kappa shape index (κ2) is 8.76. The molecule has 0 radical (unpaired) electrons. The zero-order valence-corrected chi connectivity index (χ0v) is 18.5.